The van der Waals surface area contributed by atoms with Crippen molar-refractivity contribution in [2.45, 2.75) is 6.54 Å². The molecule has 2 aromatic carbocycles. The number of ether oxygens (including phenoxy) is 3. The Balaban J connectivity index is 1.74. The van der Waals surface area contributed by atoms with Gasteiger partial charge in [0.25, 0.3) is 0 Å². The molecule has 0 saturated heterocycles. The number of rotatable bonds is 4. The van der Waals surface area contributed by atoms with Crippen LogP contribution < -0.4 is 14.8 Å². The van der Waals surface area contributed by atoms with Crippen LogP contribution in [0.2, 0.25) is 0 Å². The summed E-state index contributed by atoms with van der Waals surface area (Å²) in [6.45, 7) is 1.72. The van der Waals surface area contributed by atoms with Gasteiger partial charge in [-0.1, -0.05) is 18.2 Å². The zero-order chi connectivity index (χ0) is 15.4. The van der Waals surface area contributed by atoms with E-state index in [1.165, 1.54) is 7.11 Å². The maximum atomic E-state index is 11.7. The number of benzene rings is 2. The zero-order valence-electron chi connectivity index (χ0n) is 12.3. The normalized spacial score (nSPS) is 12.6. The van der Waals surface area contributed by atoms with Gasteiger partial charge < -0.3 is 19.5 Å². The van der Waals surface area contributed by atoms with Crippen LogP contribution in [0, 0.1) is 0 Å². The zero-order valence-corrected chi connectivity index (χ0v) is 12.3. The van der Waals surface area contributed by atoms with Crippen LogP contribution in [-0.4, -0.2) is 26.3 Å². The molecule has 0 radical (unpaired) electrons. The van der Waals surface area contributed by atoms with Gasteiger partial charge in [-0.3, -0.25) is 0 Å². The van der Waals surface area contributed by atoms with Crippen molar-refractivity contribution in [1.82, 2.24) is 0 Å². The minimum atomic E-state index is -0.356. The van der Waals surface area contributed by atoms with Gasteiger partial charge in [-0.2, -0.15) is 0 Å². The van der Waals surface area contributed by atoms with Crippen LogP contribution in [0.1, 0.15) is 15.9 Å². The predicted molar refractivity (Wildman–Crippen MR) is 82.5 cm³/mol. The molecule has 1 heterocycles. The summed E-state index contributed by atoms with van der Waals surface area (Å²) in [6, 6.07) is 13.1. The minimum Gasteiger partial charge on any atom is -0.486 e. The van der Waals surface area contributed by atoms with E-state index in [1.54, 1.807) is 6.07 Å². The topological polar surface area (TPSA) is 56.8 Å². The second kappa shape index (κ2) is 6.39. The van der Waals surface area contributed by atoms with E-state index in [0.29, 0.717) is 25.3 Å². The molecule has 0 saturated carbocycles. The molecule has 1 aliphatic rings. The molecule has 1 N–H and O–H groups in total. The number of nitrogens with one attached hydrogen (secondary N) is 1. The lowest BCUT2D eigenvalue weighted by molar-refractivity contribution is 0.0602. The Kier molecular flexibility index (Phi) is 4.14. The molecule has 2 aromatic rings. The van der Waals surface area contributed by atoms with Gasteiger partial charge in [-0.05, 0) is 29.8 Å². The Morgan fingerprint density at radius 1 is 1.14 bits per heavy atom. The Labute approximate surface area is 128 Å². The van der Waals surface area contributed by atoms with Crippen molar-refractivity contribution in [3.05, 3.63) is 53.6 Å². The van der Waals surface area contributed by atoms with Gasteiger partial charge in [0, 0.05) is 12.2 Å². The number of para-hydroxylation sites is 1. The maximum Gasteiger partial charge on any atom is 0.339 e. The predicted octanol–water partition coefficient (Wildman–Crippen LogP) is 2.86. The third-order valence-electron chi connectivity index (χ3n) is 3.42. The number of hydrogen-bond acceptors (Lipinski definition) is 5. The third kappa shape index (κ3) is 2.98. The van der Waals surface area contributed by atoms with E-state index in [-0.39, 0.29) is 5.97 Å². The summed E-state index contributed by atoms with van der Waals surface area (Å²) in [5.41, 5.74) is 2.30. The Morgan fingerprint density at radius 3 is 2.73 bits per heavy atom. The van der Waals surface area contributed by atoms with Gasteiger partial charge in [0.1, 0.15) is 13.2 Å². The monoisotopic (exact) mass is 299 g/mol. The number of hydrogen-bond donors (Lipinski definition) is 1. The molecule has 0 unspecified atom stereocenters. The molecular formula is C17H17NO4. The first-order valence-electron chi connectivity index (χ1n) is 7.07. The largest absolute Gasteiger partial charge is 0.486 e. The lowest BCUT2D eigenvalue weighted by Crippen LogP contribution is -2.15. The molecule has 0 atom stereocenters. The Hall–Kier alpha value is -2.69. The fourth-order valence-corrected chi connectivity index (χ4v) is 2.32. The fraction of sp³-hybridized carbons (Fsp3) is 0.235. The summed E-state index contributed by atoms with van der Waals surface area (Å²) in [6.07, 6.45) is 0. The van der Waals surface area contributed by atoms with Crippen molar-refractivity contribution in [2.75, 3.05) is 25.6 Å². The average molecular weight is 299 g/mol. The van der Waals surface area contributed by atoms with Gasteiger partial charge in [0.2, 0.25) is 0 Å². The molecule has 3 rings (SSSR count). The number of carbonyl (C=O) groups is 1. The first-order valence-corrected chi connectivity index (χ1v) is 7.07. The van der Waals surface area contributed by atoms with E-state index in [1.807, 2.05) is 36.4 Å². The quantitative estimate of drug-likeness (QED) is 0.880. The van der Waals surface area contributed by atoms with E-state index in [9.17, 15) is 4.79 Å². The van der Waals surface area contributed by atoms with E-state index < -0.39 is 0 Å². The van der Waals surface area contributed by atoms with Crippen LogP contribution in [0.25, 0.3) is 0 Å². The number of carbonyl (C=O) groups excluding carboxylic acids is 1. The molecule has 0 spiro atoms. The molecule has 0 aliphatic carbocycles. The summed E-state index contributed by atoms with van der Waals surface area (Å²) in [7, 11) is 1.37. The third-order valence-corrected chi connectivity index (χ3v) is 3.42. The SMILES string of the molecule is COC(=O)c1ccccc1NCc1ccc2c(c1)OCCO2. The van der Waals surface area contributed by atoms with Crippen LogP contribution in [0.3, 0.4) is 0 Å². The van der Waals surface area contributed by atoms with Crippen LogP contribution in [0.15, 0.2) is 42.5 Å². The van der Waals surface area contributed by atoms with E-state index in [0.717, 1.165) is 22.7 Å². The molecule has 0 aromatic heterocycles. The van der Waals surface area contributed by atoms with Crippen molar-refractivity contribution in [3.63, 3.8) is 0 Å². The van der Waals surface area contributed by atoms with Gasteiger partial charge in [-0.15, -0.1) is 0 Å². The molecule has 114 valence electrons. The van der Waals surface area contributed by atoms with Crippen molar-refractivity contribution in [1.29, 1.82) is 0 Å². The van der Waals surface area contributed by atoms with E-state index in [2.05, 4.69) is 5.32 Å². The minimum absolute atomic E-state index is 0.356. The highest BCUT2D eigenvalue weighted by Crippen LogP contribution is 2.31. The summed E-state index contributed by atoms with van der Waals surface area (Å²) >= 11 is 0. The fourth-order valence-electron chi connectivity index (χ4n) is 2.32. The van der Waals surface area contributed by atoms with E-state index >= 15 is 0 Å². The first kappa shape index (κ1) is 14.3. The van der Waals surface area contributed by atoms with Crippen LogP contribution in [0.4, 0.5) is 5.69 Å². The van der Waals surface area contributed by atoms with Gasteiger partial charge in [-0.25, -0.2) is 4.79 Å². The lowest BCUT2D eigenvalue weighted by Gasteiger charge is -2.19. The van der Waals surface area contributed by atoms with Crippen molar-refractivity contribution in [3.8, 4) is 11.5 Å². The van der Waals surface area contributed by atoms with E-state index in [4.69, 9.17) is 14.2 Å². The van der Waals surface area contributed by atoms with Crippen LogP contribution >= 0.6 is 0 Å². The Morgan fingerprint density at radius 2 is 1.91 bits per heavy atom. The average Bonchev–Trinajstić information content (AvgIpc) is 2.59. The lowest BCUT2D eigenvalue weighted by atomic mass is 10.1. The number of anilines is 1. The highest BCUT2D eigenvalue weighted by molar-refractivity contribution is 5.95. The summed E-state index contributed by atoms with van der Waals surface area (Å²) in [5, 5.41) is 3.25. The molecule has 1 aliphatic heterocycles. The van der Waals surface area contributed by atoms with Gasteiger partial charge in [0.15, 0.2) is 11.5 Å². The molecule has 0 fully saturated rings. The molecule has 0 amide bonds. The standard InChI is InChI=1S/C17H17NO4/c1-20-17(19)13-4-2-3-5-14(13)18-11-12-6-7-15-16(10-12)22-9-8-21-15/h2-7,10,18H,8-9,11H2,1H3. The molecule has 0 bridgehead atoms. The highest BCUT2D eigenvalue weighted by Gasteiger charge is 2.13. The second-order valence-corrected chi connectivity index (χ2v) is 4.87. The molecule has 22 heavy (non-hydrogen) atoms. The second-order valence-electron chi connectivity index (χ2n) is 4.87. The maximum absolute atomic E-state index is 11.7. The van der Waals surface area contributed by atoms with Crippen molar-refractivity contribution >= 4 is 11.7 Å². The number of fused-ring (bicyclic) bond motifs is 1. The summed E-state index contributed by atoms with van der Waals surface area (Å²) in [4.78, 5) is 11.7. The van der Waals surface area contributed by atoms with Crippen LogP contribution in [0.5, 0.6) is 11.5 Å². The smallest absolute Gasteiger partial charge is 0.339 e. The summed E-state index contributed by atoms with van der Waals surface area (Å²) in [5.74, 6) is 1.17. The Bertz CT molecular complexity index is 684. The van der Waals surface area contributed by atoms with Gasteiger partial charge in [0.05, 0.1) is 12.7 Å². The molecule has 5 nitrogen and oxygen atoms in total. The van der Waals surface area contributed by atoms with Crippen molar-refractivity contribution < 1.29 is 19.0 Å². The molecular weight excluding hydrogens is 282 g/mol. The number of esters is 1. The van der Waals surface area contributed by atoms with Gasteiger partial charge >= 0.3 is 5.97 Å². The molecule has 5 heteroatoms. The van der Waals surface area contributed by atoms with Crippen molar-refractivity contribution in [2.24, 2.45) is 0 Å². The highest BCUT2D eigenvalue weighted by atomic mass is 16.6. The van der Waals surface area contributed by atoms with Crippen LogP contribution in [-0.2, 0) is 11.3 Å². The first-order chi connectivity index (χ1) is 10.8. The summed E-state index contributed by atoms with van der Waals surface area (Å²) < 4.78 is 15.9. The number of methoxy groups -OCH3 is 1.